The van der Waals surface area contributed by atoms with Gasteiger partial charge in [0, 0.05) is 43.4 Å². The summed E-state index contributed by atoms with van der Waals surface area (Å²) in [5, 5.41) is 1.49. The predicted molar refractivity (Wildman–Crippen MR) is 94.8 cm³/mol. The van der Waals surface area contributed by atoms with Crippen molar-refractivity contribution >= 4 is 34.6 Å². The van der Waals surface area contributed by atoms with Gasteiger partial charge in [-0.1, -0.05) is 35.3 Å². The molecule has 3 rings (SSSR count). The number of halogens is 2. The molecular formula is C17H19Cl2N3. The Morgan fingerprint density at radius 1 is 0.909 bits per heavy atom. The van der Waals surface area contributed by atoms with Gasteiger partial charge in [-0.25, -0.2) is 0 Å². The van der Waals surface area contributed by atoms with Crippen molar-refractivity contribution < 1.29 is 0 Å². The summed E-state index contributed by atoms with van der Waals surface area (Å²) < 4.78 is 0. The van der Waals surface area contributed by atoms with Crippen LogP contribution in [0.1, 0.15) is 5.56 Å². The molecule has 0 saturated carbocycles. The van der Waals surface area contributed by atoms with Crippen molar-refractivity contribution in [3.8, 4) is 0 Å². The minimum absolute atomic E-state index is 0.726. The van der Waals surface area contributed by atoms with E-state index in [2.05, 4.69) is 21.9 Å². The van der Waals surface area contributed by atoms with E-state index in [1.165, 1.54) is 5.56 Å². The summed E-state index contributed by atoms with van der Waals surface area (Å²) in [5.41, 5.74) is 8.86. The molecule has 2 aromatic carbocycles. The minimum Gasteiger partial charge on any atom is -0.399 e. The molecule has 1 fully saturated rings. The third kappa shape index (κ3) is 3.67. The maximum absolute atomic E-state index is 6.28. The summed E-state index contributed by atoms with van der Waals surface area (Å²) in [4.78, 5) is 4.74. The summed E-state index contributed by atoms with van der Waals surface area (Å²) >= 11 is 12.4. The van der Waals surface area contributed by atoms with E-state index in [9.17, 15) is 0 Å². The van der Waals surface area contributed by atoms with Crippen LogP contribution in [0.15, 0.2) is 42.5 Å². The number of hydrogen-bond acceptors (Lipinski definition) is 3. The quantitative estimate of drug-likeness (QED) is 0.863. The van der Waals surface area contributed by atoms with Crippen LogP contribution in [0, 0.1) is 0 Å². The summed E-state index contributed by atoms with van der Waals surface area (Å²) in [6.07, 6.45) is 0. The lowest BCUT2D eigenvalue weighted by molar-refractivity contribution is 0.250. The Labute approximate surface area is 141 Å². The van der Waals surface area contributed by atoms with Crippen LogP contribution >= 0.6 is 23.2 Å². The lowest BCUT2D eigenvalue weighted by Crippen LogP contribution is -2.46. The van der Waals surface area contributed by atoms with Crippen LogP contribution in [-0.4, -0.2) is 31.1 Å². The van der Waals surface area contributed by atoms with Crippen molar-refractivity contribution in [2.24, 2.45) is 0 Å². The molecule has 22 heavy (non-hydrogen) atoms. The van der Waals surface area contributed by atoms with E-state index in [-0.39, 0.29) is 0 Å². The number of piperazine rings is 1. The number of hydrogen-bond donors (Lipinski definition) is 1. The molecule has 2 N–H and O–H groups in total. The van der Waals surface area contributed by atoms with E-state index in [1.807, 2.05) is 30.3 Å². The monoisotopic (exact) mass is 335 g/mol. The van der Waals surface area contributed by atoms with Crippen LogP contribution < -0.4 is 10.6 Å². The first kappa shape index (κ1) is 15.5. The summed E-state index contributed by atoms with van der Waals surface area (Å²) in [5.74, 6) is 0. The van der Waals surface area contributed by atoms with Crippen LogP contribution in [0.3, 0.4) is 0 Å². The van der Waals surface area contributed by atoms with E-state index in [0.717, 1.165) is 54.1 Å². The Morgan fingerprint density at radius 3 is 2.27 bits per heavy atom. The summed E-state index contributed by atoms with van der Waals surface area (Å²) in [7, 11) is 0. The highest BCUT2D eigenvalue weighted by Crippen LogP contribution is 2.29. The summed E-state index contributed by atoms with van der Waals surface area (Å²) in [6.45, 7) is 4.88. The van der Waals surface area contributed by atoms with Gasteiger partial charge in [0.25, 0.3) is 0 Å². The highest BCUT2D eigenvalue weighted by Gasteiger charge is 2.19. The molecule has 0 bridgehead atoms. The number of nitrogens with two attached hydrogens (primary N) is 1. The average Bonchev–Trinajstić information content (AvgIpc) is 2.53. The Morgan fingerprint density at radius 2 is 1.59 bits per heavy atom. The van der Waals surface area contributed by atoms with Gasteiger partial charge in [0.2, 0.25) is 0 Å². The van der Waals surface area contributed by atoms with Gasteiger partial charge in [-0.3, -0.25) is 4.90 Å². The standard InChI is InChI=1S/C17H19Cl2N3/c18-14-3-6-16(19)17(11-14)22-9-7-21(8-10-22)12-13-1-4-15(20)5-2-13/h1-6,11H,7-10,12,20H2. The molecule has 116 valence electrons. The Balaban J connectivity index is 1.60. The van der Waals surface area contributed by atoms with Gasteiger partial charge in [-0.05, 0) is 35.9 Å². The number of benzene rings is 2. The molecule has 1 saturated heterocycles. The molecule has 0 amide bonds. The molecular weight excluding hydrogens is 317 g/mol. The van der Waals surface area contributed by atoms with Crippen LogP contribution in [0.5, 0.6) is 0 Å². The maximum atomic E-state index is 6.28. The van der Waals surface area contributed by atoms with Crippen molar-refractivity contribution in [3.05, 3.63) is 58.1 Å². The lowest BCUT2D eigenvalue weighted by atomic mass is 10.1. The average molecular weight is 336 g/mol. The molecule has 0 aromatic heterocycles. The van der Waals surface area contributed by atoms with Crippen LogP contribution in [0.4, 0.5) is 11.4 Å². The highest BCUT2D eigenvalue weighted by molar-refractivity contribution is 6.35. The van der Waals surface area contributed by atoms with Crippen molar-refractivity contribution in [1.82, 2.24) is 4.90 Å². The van der Waals surface area contributed by atoms with Gasteiger partial charge in [-0.15, -0.1) is 0 Å². The Bertz CT molecular complexity index is 635. The van der Waals surface area contributed by atoms with Crippen molar-refractivity contribution in [1.29, 1.82) is 0 Å². The van der Waals surface area contributed by atoms with E-state index >= 15 is 0 Å². The second kappa shape index (κ2) is 6.78. The molecule has 2 aromatic rings. The fraction of sp³-hybridized carbons (Fsp3) is 0.294. The van der Waals surface area contributed by atoms with E-state index in [1.54, 1.807) is 0 Å². The molecule has 1 aliphatic heterocycles. The van der Waals surface area contributed by atoms with Gasteiger partial charge in [0.1, 0.15) is 0 Å². The zero-order valence-electron chi connectivity index (χ0n) is 12.3. The van der Waals surface area contributed by atoms with Gasteiger partial charge in [0.05, 0.1) is 10.7 Å². The first-order valence-corrected chi connectivity index (χ1v) is 8.14. The van der Waals surface area contributed by atoms with Gasteiger partial charge in [-0.2, -0.15) is 0 Å². The molecule has 0 unspecified atom stereocenters. The zero-order chi connectivity index (χ0) is 15.5. The largest absolute Gasteiger partial charge is 0.399 e. The second-order valence-electron chi connectivity index (χ2n) is 5.60. The van der Waals surface area contributed by atoms with Crippen LogP contribution in [0.2, 0.25) is 10.0 Å². The molecule has 1 aliphatic rings. The summed E-state index contributed by atoms with van der Waals surface area (Å²) in [6, 6.07) is 13.7. The van der Waals surface area contributed by atoms with Crippen LogP contribution in [0.25, 0.3) is 0 Å². The van der Waals surface area contributed by atoms with Crippen molar-refractivity contribution in [3.63, 3.8) is 0 Å². The van der Waals surface area contributed by atoms with Gasteiger partial charge < -0.3 is 10.6 Å². The van der Waals surface area contributed by atoms with Gasteiger partial charge in [0.15, 0.2) is 0 Å². The SMILES string of the molecule is Nc1ccc(CN2CCN(c3cc(Cl)ccc3Cl)CC2)cc1. The number of rotatable bonds is 3. The Kier molecular flexibility index (Phi) is 4.77. The lowest BCUT2D eigenvalue weighted by Gasteiger charge is -2.36. The van der Waals surface area contributed by atoms with E-state index in [0.29, 0.717) is 0 Å². The number of nitrogens with zero attached hydrogens (tertiary/aromatic N) is 2. The third-order valence-corrected chi connectivity index (χ3v) is 4.56. The number of nitrogen functional groups attached to an aromatic ring is 1. The number of anilines is 2. The predicted octanol–water partition coefficient (Wildman–Crippen LogP) is 3.90. The maximum Gasteiger partial charge on any atom is 0.0640 e. The third-order valence-electron chi connectivity index (χ3n) is 4.01. The van der Waals surface area contributed by atoms with Crippen LogP contribution in [-0.2, 0) is 6.54 Å². The molecule has 5 heteroatoms. The fourth-order valence-electron chi connectivity index (χ4n) is 2.76. The molecule has 3 nitrogen and oxygen atoms in total. The Hall–Kier alpha value is -1.42. The first-order chi connectivity index (χ1) is 10.6. The first-order valence-electron chi connectivity index (χ1n) is 7.38. The topological polar surface area (TPSA) is 32.5 Å². The normalized spacial score (nSPS) is 16.0. The fourth-order valence-corrected chi connectivity index (χ4v) is 3.16. The highest BCUT2D eigenvalue weighted by atomic mass is 35.5. The molecule has 1 heterocycles. The molecule has 0 atom stereocenters. The molecule has 0 spiro atoms. The van der Waals surface area contributed by atoms with E-state index < -0.39 is 0 Å². The smallest absolute Gasteiger partial charge is 0.0640 e. The van der Waals surface area contributed by atoms with Gasteiger partial charge >= 0.3 is 0 Å². The van der Waals surface area contributed by atoms with Crippen molar-refractivity contribution in [2.75, 3.05) is 36.8 Å². The van der Waals surface area contributed by atoms with Crippen molar-refractivity contribution in [2.45, 2.75) is 6.54 Å². The van der Waals surface area contributed by atoms with E-state index in [4.69, 9.17) is 28.9 Å². The minimum atomic E-state index is 0.726. The zero-order valence-corrected chi connectivity index (χ0v) is 13.8. The molecule has 0 aliphatic carbocycles. The second-order valence-corrected chi connectivity index (χ2v) is 6.44. The molecule has 0 radical (unpaired) electrons.